The van der Waals surface area contributed by atoms with E-state index >= 15 is 0 Å². The highest BCUT2D eigenvalue weighted by Crippen LogP contribution is 2.40. The molecule has 0 saturated heterocycles. The van der Waals surface area contributed by atoms with Crippen molar-refractivity contribution in [2.45, 2.75) is 31.8 Å². The number of esters is 1. The summed E-state index contributed by atoms with van der Waals surface area (Å²) in [5, 5.41) is 3.58. The Balaban J connectivity index is 2.13. The molecule has 0 unspecified atom stereocenters. The zero-order chi connectivity index (χ0) is 21.8. The third kappa shape index (κ3) is 4.64. The number of anilines is 1. The number of rotatable bonds is 7. The van der Waals surface area contributed by atoms with Crippen molar-refractivity contribution in [3.8, 4) is 0 Å². The number of benzene rings is 1. The van der Waals surface area contributed by atoms with Gasteiger partial charge >= 0.3 is 5.97 Å². The van der Waals surface area contributed by atoms with Gasteiger partial charge in [0.05, 0.1) is 17.1 Å². The lowest BCUT2D eigenvalue weighted by Gasteiger charge is -2.28. The average molecular weight is 430 g/mol. The van der Waals surface area contributed by atoms with Crippen LogP contribution in [-0.2, 0) is 9.53 Å². The molecule has 0 bridgehead atoms. The molecule has 1 aliphatic rings. The molecular weight excluding hydrogens is 405 g/mol. The first-order chi connectivity index (χ1) is 14.3. The average Bonchev–Trinajstić information content (AvgIpc) is 2.70. The van der Waals surface area contributed by atoms with Gasteiger partial charge < -0.3 is 15.0 Å². The van der Waals surface area contributed by atoms with Crippen molar-refractivity contribution in [3.63, 3.8) is 0 Å². The minimum atomic E-state index is -0.737. The number of nitrogens with one attached hydrogen (secondary N) is 2. The van der Waals surface area contributed by atoms with Crippen LogP contribution in [0.4, 0.5) is 10.2 Å². The molecule has 0 saturated carbocycles. The molecule has 0 radical (unpaired) electrons. The standard InChI is InChI=1S/C22H24FN3O3S/c1-5-10-29-21(28)16-13(4)24-19-18(17(16)14-6-8-15(23)9-7-14)20(27)26-22(25-19)30-11-12(2)3/h5-9,12,17H,1,10-11H2,2-4H3,(H2,24,25,26,27)/t17-/m1/s1. The van der Waals surface area contributed by atoms with Gasteiger partial charge in [0.1, 0.15) is 18.2 Å². The number of carbonyl (C=O) groups is 1. The number of allylic oxidation sites excluding steroid dienone is 1. The van der Waals surface area contributed by atoms with E-state index in [-0.39, 0.29) is 17.7 Å². The second kappa shape index (κ2) is 9.30. The van der Waals surface area contributed by atoms with Crippen molar-refractivity contribution in [1.82, 2.24) is 9.97 Å². The van der Waals surface area contributed by atoms with Gasteiger partial charge in [-0.2, -0.15) is 0 Å². The molecule has 0 aliphatic carbocycles. The predicted molar refractivity (Wildman–Crippen MR) is 116 cm³/mol. The van der Waals surface area contributed by atoms with Crippen molar-refractivity contribution in [2.24, 2.45) is 5.92 Å². The second-order valence-corrected chi connectivity index (χ2v) is 8.38. The van der Waals surface area contributed by atoms with Crippen LogP contribution in [0.25, 0.3) is 0 Å². The van der Waals surface area contributed by atoms with Crippen molar-refractivity contribution >= 4 is 23.5 Å². The monoisotopic (exact) mass is 429 g/mol. The summed E-state index contributed by atoms with van der Waals surface area (Å²) in [4.78, 5) is 33.2. The van der Waals surface area contributed by atoms with Gasteiger partial charge in [0.2, 0.25) is 0 Å². The molecule has 2 aromatic rings. The molecule has 30 heavy (non-hydrogen) atoms. The van der Waals surface area contributed by atoms with Crippen LogP contribution in [0.15, 0.2) is 58.1 Å². The fraction of sp³-hybridized carbons (Fsp3) is 0.318. The van der Waals surface area contributed by atoms with Gasteiger partial charge in [-0.05, 0) is 30.5 Å². The van der Waals surface area contributed by atoms with E-state index < -0.39 is 17.7 Å². The third-order valence-electron chi connectivity index (χ3n) is 4.53. The number of carbonyl (C=O) groups excluding carboxylic acids is 1. The van der Waals surface area contributed by atoms with E-state index in [0.717, 1.165) is 5.75 Å². The first kappa shape index (κ1) is 21.8. The number of aromatic amines is 1. The van der Waals surface area contributed by atoms with Gasteiger partial charge in [0.15, 0.2) is 5.16 Å². The Morgan fingerprint density at radius 2 is 2.07 bits per heavy atom. The normalized spacial score (nSPS) is 15.6. The van der Waals surface area contributed by atoms with E-state index in [0.29, 0.717) is 33.7 Å². The Morgan fingerprint density at radius 3 is 2.70 bits per heavy atom. The molecule has 1 aromatic heterocycles. The van der Waals surface area contributed by atoms with Crippen LogP contribution in [0.1, 0.15) is 37.8 Å². The van der Waals surface area contributed by atoms with Crippen LogP contribution in [0.3, 0.4) is 0 Å². The van der Waals surface area contributed by atoms with Gasteiger partial charge in [-0.25, -0.2) is 14.2 Å². The number of H-pyrrole nitrogens is 1. The Kier molecular flexibility index (Phi) is 6.77. The summed E-state index contributed by atoms with van der Waals surface area (Å²) < 4.78 is 18.8. The maximum Gasteiger partial charge on any atom is 0.337 e. The predicted octanol–water partition coefficient (Wildman–Crippen LogP) is 4.22. The van der Waals surface area contributed by atoms with Gasteiger partial charge in [0, 0.05) is 11.4 Å². The van der Waals surface area contributed by atoms with Crippen LogP contribution >= 0.6 is 11.8 Å². The maximum atomic E-state index is 13.5. The Hall–Kier alpha value is -2.87. The molecule has 1 aromatic carbocycles. The van der Waals surface area contributed by atoms with Crippen LogP contribution in [0.5, 0.6) is 0 Å². The van der Waals surface area contributed by atoms with Crippen LogP contribution in [-0.4, -0.2) is 28.3 Å². The lowest BCUT2D eigenvalue weighted by molar-refractivity contribution is -0.138. The molecule has 8 heteroatoms. The number of aromatic nitrogens is 2. The van der Waals surface area contributed by atoms with E-state index in [2.05, 4.69) is 35.7 Å². The van der Waals surface area contributed by atoms with Gasteiger partial charge in [-0.15, -0.1) is 0 Å². The first-order valence-corrected chi connectivity index (χ1v) is 10.6. The minimum absolute atomic E-state index is 0.0397. The molecule has 1 aliphatic heterocycles. The number of hydrogen-bond acceptors (Lipinski definition) is 6. The molecule has 0 fully saturated rings. The van der Waals surface area contributed by atoms with Gasteiger partial charge in [0.25, 0.3) is 5.56 Å². The summed E-state index contributed by atoms with van der Waals surface area (Å²) in [5.41, 5.74) is 1.36. The van der Waals surface area contributed by atoms with Gasteiger partial charge in [-0.1, -0.05) is 50.4 Å². The van der Waals surface area contributed by atoms with Crippen molar-refractivity contribution in [1.29, 1.82) is 0 Å². The summed E-state index contributed by atoms with van der Waals surface area (Å²) in [5.74, 6) is -0.0907. The number of halogens is 1. The number of hydrogen-bond donors (Lipinski definition) is 2. The quantitative estimate of drug-likeness (QED) is 0.297. The Morgan fingerprint density at radius 1 is 1.37 bits per heavy atom. The molecule has 2 N–H and O–H groups in total. The maximum absolute atomic E-state index is 13.5. The SMILES string of the molecule is C=CCOC(=O)C1=C(C)Nc2nc(SCC(C)C)[nH]c(=O)c2[C@@H]1c1ccc(F)cc1. The fourth-order valence-electron chi connectivity index (χ4n) is 3.22. The summed E-state index contributed by atoms with van der Waals surface area (Å²) in [7, 11) is 0. The number of thioether (sulfide) groups is 1. The zero-order valence-electron chi connectivity index (χ0n) is 17.1. The second-order valence-electron chi connectivity index (χ2n) is 7.37. The summed E-state index contributed by atoms with van der Waals surface area (Å²) in [6.07, 6.45) is 1.47. The van der Waals surface area contributed by atoms with Crippen molar-refractivity contribution in [2.75, 3.05) is 17.7 Å². The first-order valence-electron chi connectivity index (χ1n) is 9.60. The fourth-order valence-corrected chi connectivity index (χ4v) is 4.03. The highest BCUT2D eigenvalue weighted by molar-refractivity contribution is 7.99. The lowest BCUT2D eigenvalue weighted by Crippen LogP contribution is -2.31. The Labute approximate surface area is 178 Å². The van der Waals surface area contributed by atoms with E-state index in [9.17, 15) is 14.0 Å². The number of ether oxygens (including phenoxy) is 1. The highest BCUT2D eigenvalue weighted by Gasteiger charge is 2.36. The van der Waals surface area contributed by atoms with Gasteiger partial charge in [-0.3, -0.25) is 4.79 Å². The third-order valence-corrected chi connectivity index (χ3v) is 5.83. The minimum Gasteiger partial charge on any atom is -0.458 e. The smallest absolute Gasteiger partial charge is 0.337 e. The lowest BCUT2D eigenvalue weighted by atomic mass is 9.82. The van der Waals surface area contributed by atoms with Crippen LogP contribution < -0.4 is 10.9 Å². The molecule has 3 rings (SSSR count). The molecule has 6 nitrogen and oxygen atoms in total. The van der Waals surface area contributed by atoms with Crippen LogP contribution in [0.2, 0.25) is 0 Å². The Bertz CT molecular complexity index is 1040. The van der Waals surface area contributed by atoms with E-state index in [1.54, 1.807) is 19.1 Å². The number of nitrogens with zero attached hydrogens (tertiary/aromatic N) is 1. The highest BCUT2D eigenvalue weighted by atomic mass is 32.2. The van der Waals surface area contributed by atoms with Crippen LogP contribution in [0, 0.1) is 11.7 Å². The number of fused-ring (bicyclic) bond motifs is 1. The van der Waals surface area contributed by atoms with E-state index in [1.165, 1.54) is 30.0 Å². The zero-order valence-corrected chi connectivity index (χ0v) is 17.9. The summed E-state index contributed by atoms with van der Waals surface area (Å²) in [6, 6.07) is 5.72. The molecule has 0 spiro atoms. The summed E-state index contributed by atoms with van der Waals surface area (Å²) >= 11 is 1.46. The molecule has 158 valence electrons. The topological polar surface area (TPSA) is 84.1 Å². The van der Waals surface area contributed by atoms with Crippen molar-refractivity contribution < 1.29 is 13.9 Å². The molecular formula is C22H24FN3O3S. The molecule has 0 amide bonds. The molecule has 1 atom stereocenters. The van der Waals surface area contributed by atoms with E-state index in [4.69, 9.17) is 4.74 Å². The summed E-state index contributed by atoms with van der Waals surface area (Å²) in [6.45, 7) is 9.49. The largest absolute Gasteiger partial charge is 0.458 e. The molecule has 2 heterocycles. The van der Waals surface area contributed by atoms with Crippen molar-refractivity contribution in [3.05, 3.63) is 75.5 Å². The van der Waals surface area contributed by atoms with E-state index in [1.807, 2.05) is 0 Å².